The van der Waals surface area contributed by atoms with Gasteiger partial charge in [0.05, 0.1) is 6.61 Å². The molecule has 16 heavy (non-hydrogen) atoms. The lowest BCUT2D eigenvalue weighted by molar-refractivity contribution is 0.185. The average molecular weight is 220 g/mol. The minimum absolute atomic E-state index is 0.618. The van der Waals surface area contributed by atoms with Crippen LogP contribution >= 0.6 is 0 Å². The monoisotopic (exact) mass is 220 g/mol. The van der Waals surface area contributed by atoms with Crippen molar-refractivity contribution in [2.75, 3.05) is 19.8 Å². The van der Waals surface area contributed by atoms with Gasteiger partial charge in [-0.25, -0.2) is 0 Å². The Morgan fingerprint density at radius 1 is 1.25 bits per heavy atom. The summed E-state index contributed by atoms with van der Waals surface area (Å²) in [6.45, 7) is 4.45. The predicted molar refractivity (Wildman–Crippen MR) is 65.0 cm³/mol. The van der Waals surface area contributed by atoms with Crippen LogP contribution < -0.4 is 11.1 Å². The molecule has 3 N–H and O–H groups in total. The molecule has 0 radical (unpaired) electrons. The lowest BCUT2D eigenvalue weighted by Crippen LogP contribution is -2.22. The zero-order valence-corrected chi connectivity index (χ0v) is 9.61. The van der Waals surface area contributed by atoms with E-state index in [1.165, 1.54) is 17.5 Å². The second kappa shape index (κ2) is 5.99. The van der Waals surface area contributed by atoms with Gasteiger partial charge in [-0.2, -0.15) is 0 Å². The van der Waals surface area contributed by atoms with Crippen LogP contribution in [0.3, 0.4) is 0 Å². The second-order valence-corrected chi connectivity index (χ2v) is 4.38. The Balaban J connectivity index is 1.71. The molecular formula is C13H20N2O. The van der Waals surface area contributed by atoms with Gasteiger partial charge in [-0.15, -0.1) is 0 Å². The number of nitrogens with one attached hydrogen (secondary N) is 1. The topological polar surface area (TPSA) is 47.3 Å². The fourth-order valence-electron chi connectivity index (χ4n) is 1.96. The van der Waals surface area contributed by atoms with Crippen molar-refractivity contribution in [2.45, 2.75) is 19.5 Å². The van der Waals surface area contributed by atoms with Crippen molar-refractivity contribution < 1.29 is 4.74 Å². The first-order valence-corrected chi connectivity index (χ1v) is 5.95. The molecule has 2 rings (SSSR count). The van der Waals surface area contributed by atoms with Crippen LogP contribution in [0.2, 0.25) is 0 Å². The molecule has 0 amide bonds. The summed E-state index contributed by atoms with van der Waals surface area (Å²) in [6.07, 6.45) is 1.19. The van der Waals surface area contributed by atoms with E-state index in [0.717, 1.165) is 26.3 Å². The van der Waals surface area contributed by atoms with Crippen LogP contribution in [0.25, 0.3) is 0 Å². The van der Waals surface area contributed by atoms with Crippen LogP contribution in [0.4, 0.5) is 0 Å². The van der Waals surface area contributed by atoms with Gasteiger partial charge >= 0.3 is 0 Å². The maximum atomic E-state index is 5.55. The van der Waals surface area contributed by atoms with Gasteiger partial charge in [0.1, 0.15) is 0 Å². The molecule has 1 aliphatic heterocycles. The molecule has 1 heterocycles. The maximum absolute atomic E-state index is 5.55. The molecule has 1 aromatic carbocycles. The third-order valence-electron chi connectivity index (χ3n) is 3.04. The van der Waals surface area contributed by atoms with Gasteiger partial charge in [-0.3, -0.25) is 0 Å². The first-order valence-electron chi connectivity index (χ1n) is 5.95. The first kappa shape index (κ1) is 11.6. The van der Waals surface area contributed by atoms with Crippen LogP contribution in [0.15, 0.2) is 24.3 Å². The lowest BCUT2D eigenvalue weighted by atomic mass is 10.1. The molecule has 0 aromatic heterocycles. The van der Waals surface area contributed by atoms with E-state index in [-0.39, 0.29) is 0 Å². The Labute approximate surface area is 97.0 Å². The van der Waals surface area contributed by atoms with Gasteiger partial charge in [0, 0.05) is 26.2 Å². The number of hydrogen-bond donors (Lipinski definition) is 2. The second-order valence-electron chi connectivity index (χ2n) is 4.38. The molecule has 1 saturated heterocycles. The zero-order valence-electron chi connectivity index (χ0n) is 9.61. The molecule has 0 spiro atoms. The number of nitrogens with two attached hydrogens (primary N) is 1. The smallest absolute Gasteiger partial charge is 0.0507 e. The SMILES string of the molecule is NCc1ccc(CNCC2CCOC2)cc1. The average Bonchev–Trinajstić information content (AvgIpc) is 2.83. The lowest BCUT2D eigenvalue weighted by Gasteiger charge is -2.09. The van der Waals surface area contributed by atoms with E-state index < -0.39 is 0 Å². The van der Waals surface area contributed by atoms with Gasteiger partial charge in [-0.05, 0) is 23.5 Å². The van der Waals surface area contributed by atoms with Crippen LogP contribution in [-0.2, 0) is 17.8 Å². The summed E-state index contributed by atoms with van der Waals surface area (Å²) in [7, 11) is 0. The molecule has 0 bridgehead atoms. The van der Waals surface area contributed by atoms with Gasteiger partial charge in [0.25, 0.3) is 0 Å². The molecule has 1 atom stereocenters. The van der Waals surface area contributed by atoms with Crippen molar-refractivity contribution in [3.8, 4) is 0 Å². The molecule has 0 aliphatic carbocycles. The van der Waals surface area contributed by atoms with Crippen LogP contribution in [-0.4, -0.2) is 19.8 Å². The summed E-state index contributed by atoms with van der Waals surface area (Å²) in [5, 5.41) is 3.47. The number of rotatable bonds is 5. The first-order chi connectivity index (χ1) is 7.88. The van der Waals surface area contributed by atoms with Crippen molar-refractivity contribution in [2.24, 2.45) is 11.7 Å². The third kappa shape index (κ3) is 3.30. The predicted octanol–water partition coefficient (Wildman–Crippen LogP) is 1.27. The highest BCUT2D eigenvalue weighted by atomic mass is 16.5. The van der Waals surface area contributed by atoms with Crippen molar-refractivity contribution >= 4 is 0 Å². The highest BCUT2D eigenvalue weighted by Crippen LogP contribution is 2.11. The fraction of sp³-hybridized carbons (Fsp3) is 0.538. The van der Waals surface area contributed by atoms with E-state index in [1.54, 1.807) is 0 Å². The maximum Gasteiger partial charge on any atom is 0.0507 e. The number of ether oxygens (including phenoxy) is 1. The quantitative estimate of drug-likeness (QED) is 0.785. The minimum atomic E-state index is 0.618. The molecule has 1 unspecified atom stereocenters. The fourth-order valence-corrected chi connectivity index (χ4v) is 1.96. The van der Waals surface area contributed by atoms with Crippen molar-refractivity contribution in [3.05, 3.63) is 35.4 Å². The summed E-state index contributed by atoms with van der Waals surface area (Å²) >= 11 is 0. The molecule has 1 aromatic rings. The molecule has 0 saturated carbocycles. The summed E-state index contributed by atoms with van der Waals surface area (Å²) < 4.78 is 5.34. The van der Waals surface area contributed by atoms with Gasteiger partial charge in [0.2, 0.25) is 0 Å². The molecule has 3 heteroatoms. The number of hydrogen-bond acceptors (Lipinski definition) is 3. The standard InChI is InChI=1S/C13H20N2O/c14-7-11-1-3-12(4-2-11)8-15-9-13-5-6-16-10-13/h1-4,13,15H,5-10,14H2. The van der Waals surface area contributed by atoms with Crippen LogP contribution in [0.1, 0.15) is 17.5 Å². The van der Waals surface area contributed by atoms with Gasteiger partial charge in [-0.1, -0.05) is 24.3 Å². The summed E-state index contributed by atoms with van der Waals surface area (Å²) in [5.74, 6) is 0.698. The van der Waals surface area contributed by atoms with E-state index in [1.807, 2.05) is 0 Å². The van der Waals surface area contributed by atoms with E-state index in [2.05, 4.69) is 29.6 Å². The molecule has 1 aliphatic rings. The summed E-state index contributed by atoms with van der Waals surface area (Å²) in [5.41, 5.74) is 8.06. The molecule has 88 valence electrons. The highest BCUT2D eigenvalue weighted by Gasteiger charge is 2.14. The highest BCUT2D eigenvalue weighted by molar-refractivity contribution is 5.22. The Kier molecular flexibility index (Phi) is 4.34. The molecular weight excluding hydrogens is 200 g/mol. The zero-order chi connectivity index (χ0) is 11.2. The van der Waals surface area contributed by atoms with E-state index in [0.29, 0.717) is 12.5 Å². The summed E-state index contributed by atoms with van der Waals surface area (Å²) in [4.78, 5) is 0. The van der Waals surface area contributed by atoms with Crippen molar-refractivity contribution in [3.63, 3.8) is 0 Å². The normalized spacial score (nSPS) is 20.2. The minimum Gasteiger partial charge on any atom is -0.381 e. The Hall–Kier alpha value is -0.900. The van der Waals surface area contributed by atoms with E-state index >= 15 is 0 Å². The van der Waals surface area contributed by atoms with Gasteiger partial charge < -0.3 is 15.8 Å². The Morgan fingerprint density at radius 2 is 2.00 bits per heavy atom. The van der Waals surface area contributed by atoms with Crippen molar-refractivity contribution in [1.82, 2.24) is 5.32 Å². The van der Waals surface area contributed by atoms with Gasteiger partial charge in [0.15, 0.2) is 0 Å². The molecule has 1 fully saturated rings. The van der Waals surface area contributed by atoms with Crippen LogP contribution in [0.5, 0.6) is 0 Å². The largest absolute Gasteiger partial charge is 0.381 e. The third-order valence-corrected chi connectivity index (χ3v) is 3.04. The molecule has 3 nitrogen and oxygen atoms in total. The Bertz CT molecular complexity index is 304. The van der Waals surface area contributed by atoms with Crippen molar-refractivity contribution in [1.29, 1.82) is 0 Å². The summed E-state index contributed by atoms with van der Waals surface area (Å²) in [6, 6.07) is 8.46. The Morgan fingerprint density at radius 3 is 2.62 bits per heavy atom. The van der Waals surface area contributed by atoms with E-state index in [9.17, 15) is 0 Å². The van der Waals surface area contributed by atoms with Crippen LogP contribution in [0, 0.1) is 5.92 Å². The van der Waals surface area contributed by atoms with E-state index in [4.69, 9.17) is 10.5 Å². The number of benzene rings is 1.